The molecule has 1 saturated carbocycles. The van der Waals surface area contributed by atoms with Crippen LogP contribution in [0.1, 0.15) is 46.0 Å². The summed E-state index contributed by atoms with van der Waals surface area (Å²) in [6.07, 6.45) is 6.85. The molecule has 0 amide bonds. The van der Waals surface area contributed by atoms with Crippen LogP contribution in [-0.4, -0.2) is 31.1 Å². The third kappa shape index (κ3) is 2.54. The van der Waals surface area contributed by atoms with Crippen molar-refractivity contribution in [3.05, 3.63) is 0 Å². The largest absolute Gasteiger partial charge is 0.330 e. The van der Waals surface area contributed by atoms with E-state index < -0.39 is 0 Å². The fraction of sp³-hybridized carbons (Fsp3) is 1.00. The maximum atomic E-state index is 5.89. The zero-order valence-corrected chi connectivity index (χ0v) is 10.4. The summed E-state index contributed by atoms with van der Waals surface area (Å²) >= 11 is 0. The summed E-state index contributed by atoms with van der Waals surface area (Å²) in [4.78, 5) is 2.63. The Labute approximate surface area is 94.2 Å². The lowest BCUT2D eigenvalue weighted by molar-refractivity contribution is 0.109. The molecule has 0 aromatic heterocycles. The van der Waals surface area contributed by atoms with Crippen molar-refractivity contribution in [1.82, 2.24) is 4.90 Å². The summed E-state index contributed by atoms with van der Waals surface area (Å²) in [6.45, 7) is 9.54. The maximum absolute atomic E-state index is 5.89. The van der Waals surface area contributed by atoms with Gasteiger partial charge in [-0.1, -0.05) is 20.3 Å². The third-order valence-electron chi connectivity index (χ3n) is 4.56. The van der Waals surface area contributed by atoms with E-state index in [1.165, 1.54) is 51.7 Å². The molecule has 0 atom stereocenters. The molecule has 0 bridgehead atoms. The van der Waals surface area contributed by atoms with E-state index in [-0.39, 0.29) is 0 Å². The van der Waals surface area contributed by atoms with Crippen LogP contribution in [0, 0.1) is 10.8 Å². The maximum Gasteiger partial charge on any atom is 0.00332 e. The van der Waals surface area contributed by atoms with Crippen LogP contribution < -0.4 is 5.73 Å². The van der Waals surface area contributed by atoms with Crippen LogP contribution in [0.25, 0.3) is 0 Å². The number of nitrogens with two attached hydrogens (primary N) is 1. The lowest BCUT2D eigenvalue weighted by Crippen LogP contribution is -2.40. The molecule has 1 heterocycles. The molecule has 1 aliphatic carbocycles. The van der Waals surface area contributed by atoms with Crippen molar-refractivity contribution in [2.24, 2.45) is 16.6 Å². The van der Waals surface area contributed by atoms with Crippen molar-refractivity contribution in [2.75, 3.05) is 26.2 Å². The standard InChI is InChI=1S/C13H26N2/c1-12(2)6-8-15(11-12)9-7-13(10-14)4-3-5-13/h3-11,14H2,1-2H3. The van der Waals surface area contributed by atoms with E-state index in [4.69, 9.17) is 5.73 Å². The van der Waals surface area contributed by atoms with Crippen molar-refractivity contribution in [1.29, 1.82) is 0 Å². The molecule has 15 heavy (non-hydrogen) atoms. The number of likely N-dealkylation sites (tertiary alicyclic amines) is 1. The molecule has 2 fully saturated rings. The summed E-state index contributed by atoms with van der Waals surface area (Å²) in [6, 6.07) is 0. The van der Waals surface area contributed by atoms with E-state index in [2.05, 4.69) is 18.7 Å². The van der Waals surface area contributed by atoms with Crippen molar-refractivity contribution >= 4 is 0 Å². The second kappa shape index (κ2) is 4.06. The van der Waals surface area contributed by atoms with Crippen LogP contribution in [0.15, 0.2) is 0 Å². The zero-order valence-electron chi connectivity index (χ0n) is 10.4. The first-order valence-electron chi connectivity index (χ1n) is 6.48. The van der Waals surface area contributed by atoms with Crippen LogP contribution in [0.2, 0.25) is 0 Å². The van der Waals surface area contributed by atoms with E-state index in [0.717, 1.165) is 6.54 Å². The van der Waals surface area contributed by atoms with Gasteiger partial charge in [-0.2, -0.15) is 0 Å². The van der Waals surface area contributed by atoms with Gasteiger partial charge in [-0.05, 0) is 56.1 Å². The highest BCUT2D eigenvalue weighted by Gasteiger charge is 2.36. The highest BCUT2D eigenvalue weighted by atomic mass is 15.1. The van der Waals surface area contributed by atoms with Gasteiger partial charge in [0.15, 0.2) is 0 Å². The topological polar surface area (TPSA) is 29.3 Å². The van der Waals surface area contributed by atoms with E-state index in [1.807, 2.05) is 0 Å². The Hall–Kier alpha value is -0.0800. The van der Waals surface area contributed by atoms with Crippen LogP contribution in [0.4, 0.5) is 0 Å². The van der Waals surface area contributed by atoms with Crippen LogP contribution in [0.3, 0.4) is 0 Å². The van der Waals surface area contributed by atoms with Gasteiger partial charge in [0.25, 0.3) is 0 Å². The van der Waals surface area contributed by atoms with E-state index in [0.29, 0.717) is 10.8 Å². The Morgan fingerprint density at radius 2 is 1.93 bits per heavy atom. The third-order valence-corrected chi connectivity index (χ3v) is 4.56. The smallest absolute Gasteiger partial charge is 0.00332 e. The van der Waals surface area contributed by atoms with Crippen LogP contribution >= 0.6 is 0 Å². The van der Waals surface area contributed by atoms with E-state index >= 15 is 0 Å². The monoisotopic (exact) mass is 210 g/mol. The molecule has 2 N–H and O–H groups in total. The predicted octanol–water partition coefficient (Wildman–Crippen LogP) is 2.24. The highest BCUT2D eigenvalue weighted by Crippen LogP contribution is 2.43. The van der Waals surface area contributed by atoms with E-state index in [9.17, 15) is 0 Å². The van der Waals surface area contributed by atoms with Gasteiger partial charge in [0.2, 0.25) is 0 Å². The molecule has 2 heteroatoms. The first kappa shape index (κ1) is 11.4. The molecule has 2 aliphatic rings. The summed E-state index contributed by atoms with van der Waals surface area (Å²) in [5, 5.41) is 0. The van der Waals surface area contributed by atoms with Crippen LogP contribution in [0.5, 0.6) is 0 Å². The lowest BCUT2D eigenvalue weighted by Gasteiger charge is -2.42. The summed E-state index contributed by atoms with van der Waals surface area (Å²) in [7, 11) is 0. The Morgan fingerprint density at radius 3 is 2.33 bits per heavy atom. The average Bonchev–Trinajstić information content (AvgIpc) is 2.45. The first-order valence-corrected chi connectivity index (χ1v) is 6.48. The van der Waals surface area contributed by atoms with Gasteiger partial charge in [0, 0.05) is 6.54 Å². The fourth-order valence-corrected chi connectivity index (χ4v) is 3.04. The van der Waals surface area contributed by atoms with Gasteiger partial charge >= 0.3 is 0 Å². The Balaban J connectivity index is 1.74. The molecule has 1 aliphatic heterocycles. The molecule has 1 saturated heterocycles. The Morgan fingerprint density at radius 1 is 1.20 bits per heavy atom. The van der Waals surface area contributed by atoms with Crippen molar-refractivity contribution < 1.29 is 0 Å². The molecule has 0 aromatic carbocycles. The molecule has 2 rings (SSSR count). The molecule has 88 valence electrons. The quantitative estimate of drug-likeness (QED) is 0.771. The molecular formula is C13H26N2. The van der Waals surface area contributed by atoms with Crippen molar-refractivity contribution in [3.63, 3.8) is 0 Å². The molecule has 2 nitrogen and oxygen atoms in total. The number of rotatable bonds is 4. The first-order chi connectivity index (χ1) is 7.05. The van der Waals surface area contributed by atoms with Gasteiger partial charge < -0.3 is 10.6 Å². The molecule has 0 spiro atoms. The molecular weight excluding hydrogens is 184 g/mol. The SMILES string of the molecule is CC1(C)CCN(CCC2(CN)CCC2)C1. The minimum atomic E-state index is 0.534. The summed E-state index contributed by atoms with van der Waals surface area (Å²) in [5.74, 6) is 0. The highest BCUT2D eigenvalue weighted by molar-refractivity contribution is 4.90. The van der Waals surface area contributed by atoms with Gasteiger partial charge in [-0.25, -0.2) is 0 Å². The van der Waals surface area contributed by atoms with Crippen molar-refractivity contribution in [3.8, 4) is 0 Å². The fourth-order valence-electron chi connectivity index (χ4n) is 3.04. The number of hydrogen-bond acceptors (Lipinski definition) is 2. The molecule has 0 unspecified atom stereocenters. The molecule has 0 aromatic rings. The number of nitrogens with zero attached hydrogens (tertiary/aromatic N) is 1. The Kier molecular flexibility index (Phi) is 3.09. The average molecular weight is 210 g/mol. The second-order valence-corrected chi connectivity index (χ2v) is 6.50. The minimum absolute atomic E-state index is 0.534. The van der Waals surface area contributed by atoms with Crippen LogP contribution in [-0.2, 0) is 0 Å². The summed E-state index contributed by atoms with van der Waals surface area (Å²) in [5.41, 5.74) is 6.97. The number of hydrogen-bond donors (Lipinski definition) is 1. The second-order valence-electron chi connectivity index (χ2n) is 6.50. The van der Waals surface area contributed by atoms with E-state index in [1.54, 1.807) is 0 Å². The van der Waals surface area contributed by atoms with Crippen molar-refractivity contribution in [2.45, 2.75) is 46.0 Å². The van der Waals surface area contributed by atoms with Gasteiger partial charge in [-0.15, -0.1) is 0 Å². The Bertz CT molecular complexity index is 213. The van der Waals surface area contributed by atoms with Gasteiger partial charge in [-0.3, -0.25) is 0 Å². The minimum Gasteiger partial charge on any atom is -0.330 e. The van der Waals surface area contributed by atoms with Gasteiger partial charge in [0.05, 0.1) is 0 Å². The predicted molar refractivity (Wildman–Crippen MR) is 64.8 cm³/mol. The zero-order chi connectivity index (χ0) is 10.9. The lowest BCUT2D eigenvalue weighted by atomic mass is 9.66. The molecule has 0 radical (unpaired) electrons. The normalized spacial score (nSPS) is 29.0. The summed E-state index contributed by atoms with van der Waals surface area (Å²) < 4.78 is 0. The van der Waals surface area contributed by atoms with Gasteiger partial charge in [0.1, 0.15) is 0 Å².